The first-order valence-electron chi connectivity index (χ1n) is 11.6. The molecule has 1 saturated carbocycles. The van der Waals surface area contributed by atoms with Gasteiger partial charge in [0.25, 0.3) is 0 Å². The van der Waals surface area contributed by atoms with Gasteiger partial charge < -0.3 is 10.8 Å². The van der Waals surface area contributed by atoms with Gasteiger partial charge in [0.15, 0.2) is 11.3 Å². The van der Waals surface area contributed by atoms with Crippen molar-refractivity contribution in [2.45, 2.75) is 44.8 Å². The highest BCUT2D eigenvalue weighted by atomic mass is 16.3. The van der Waals surface area contributed by atoms with E-state index in [1.807, 2.05) is 36.7 Å². The van der Waals surface area contributed by atoms with Crippen molar-refractivity contribution in [3.05, 3.63) is 83.7 Å². The lowest BCUT2D eigenvalue weighted by atomic mass is 9.63. The van der Waals surface area contributed by atoms with Crippen LogP contribution in [0.2, 0.25) is 0 Å². The highest BCUT2D eigenvalue weighted by Crippen LogP contribution is 2.46. The van der Waals surface area contributed by atoms with Crippen LogP contribution in [0.5, 0.6) is 0 Å². The summed E-state index contributed by atoms with van der Waals surface area (Å²) in [4.78, 5) is 9.72. The zero-order valence-electron chi connectivity index (χ0n) is 19.6. The zero-order chi connectivity index (χ0) is 23.7. The lowest BCUT2D eigenvalue weighted by Gasteiger charge is -2.49. The summed E-state index contributed by atoms with van der Waals surface area (Å²) in [5, 5.41) is 15.8. The second kappa shape index (κ2) is 7.19. The number of fused-ring (bicyclic) bond motifs is 3. The Morgan fingerprint density at radius 2 is 1.71 bits per heavy atom. The summed E-state index contributed by atoms with van der Waals surface area (Å²) in [6.45, 7) is 5.92. The fourth-order valence-corrected chi connectivity index (χ4v) is 5.43. The van der Waals surface area contributed by atoms with Crippen LogP contribution in [0, 0.1) is 13.8 Å². The molecule has 6 nitrogen and oxygen atoms in total. The zero-order valence-corrected chi connectivity index (χ0v) is 19.6. The van der Waals surface area contributed by atoms with Crippen molar-refractivity contribution in [2.24, 2.45) is 5.73 Å². The van der Waals surface area contributed by atoms with Crippen LogP contribution in [-0.2, 0) is 5.54 Å². The van der Waals surface area contributed by atoms with Gasteiger partial charge in [0.05, 0.1) is 17.0 Å². The second-order valence-electron chi connectivity index (χ2n) is 10.0. The van der Waals surface area contributed by atoms with Gasteiger partial charge in [-0.25, -0.2) is 9.97 Å². The molecule has 170 valence electrons. The van der Waals surface area contributed by atoms with Gasteiger partial charge in [-0.2, -0.15) is 9.61 Å². The molecule has 1 aliphatic carbocycles. The predicted molar refractivity (Wildman–Crippen MR) is 134 cm³/mol. The summed E-state index contributed by atoms with van der Waals surface area (Å²) in [5.41, 5.74) is 14.2. The Morgan fingerprint density at radius 1 is 0.971 bits per heavy atom. The lowest BCUT2D eigenvalue weighted by Crippen LogP contribution is -2.58. The summed E-state index contributed by atoms with van der Waals surface area (Å²) < 4.78 is 1.81. The van der Waals surface area contributed by atoms with Crippen LogP contribution in [0.3, 0.4) is 0 Å². The number of nitrogens with two attached hydrogens (primary N) is 1. The molecule has 0 bridgehead atoms. The molecule has 3 aromatic heterocycles. The first-order valence-corrected chi connectivity index (χ1v) is 11.6. The quantitative estimate of drug-likeness (QED) is 0.408. The predicted octanol–water partition coefficient (Wildman–Crippen LogP) is 4.93. The molecule has 34 heavy (non-hydrogen) atoms. The van der Waals surface area contributed by atoms with Crippen LogP contribution >= 0.6 is 0 Å². The minimum Gasteiger partial charge on any atom is -0.390 e. The Balaban J connectivity index is 1.55. The molecule has 0 radical (unpaired) electrons. The fourth-order valence-electron chi connectivity index (χ4n) is 5.43. The maximum atomic E-state index is 10.2. The third kappa shape index (κ3) is 3.30. The van der Waals surface area contributed by atoms with E-state index in [2.05, 4.69) is 65.5 Å². The number of aromatic nitrogens is 4. The summed E-state index contributed by atoms with van der Waals surface area (Å²) in [6, 6.07) is 20.8. The third-order valence-corrected chi connectivity index (χ3v) is 6.94. The van der Waals surface area contributed by atoms with Crippen molar-refractivity contribution >= 4 is 16.7 Å². The standard InChI is InChI=1S/C28H27N5O/c1-17-6-4-5-7-22(17)23-13-20-14-30-24-12-18(2)32-33(24)26(20)31-25(23)19-8-10-21(11-9-19)28(29)15-27(3,34)16-28/h4-14,34H,15-16,29H2,1-3H3/t27-,28+. The average molecular weight is 450 g/mol. The van der Waals surface area contributed by atoms with E-state index in [9.17, 15) is 5.11 Å². The number of aryl methyl sites for hydroxylation is 2. The fraction of sp³-hybridized carbons (Fsp3) is 0.250. The SMILES string of the molecule is Cc1cc2ncc3cc(-c4ccccc4C)c(-c4ccc([C@]5(N)C[C@@](C)(O)C5)cc4)nc3n2n1. The molecule has 0 aliphatic heterocycles. The number of hydrogen-bond acceptors (Lipinski definition) is 5. The number of nitrogens with zero attached hydrogens (tertiary/aromatic N) is 4. The second-order valence-corrected chi connectivity index (χ2v) is 10.0. The number of aliphatic hydroxyl groups is 1. The Bertz CT molecular complexity index is 1560. The molecule has 1 aliphatic rings. The van der Waals surface area contributed by atoms with Crippen molar-refractivity contribution in [1.82, 2.24) is 19.6 Å². The van der Waals surface area contributed by atoms with Gasteiger partial charge in [0.2, 0.25) is 0 Å². The molecular formula is C28H27N5O. The number of hydrogen-bond donors (Lipinski definition) is 2. The Kier molecular flexibility index (Phi) is 4.43. The van der Waals surface area contributed by atoms with Crippen molar-refractivity contribution < 1.29 is 5.11 Å². The van der Waals surface area contributed by atoms with E-state index in [1.54, 1.807) is 0 Å². The Labute approximate surface area is 198 Å². The maximum Gasteiger partial charge on any atom is 0.165 e. The molecule has 0 spiro atoms. The van der Waals surface area contributed by atoms with E-state index in [-0.39, 0.29) is 0 Å². The molecule has 6 rings (SSSR count). The normalized spacial score (nSPS) is 22.3. The molecule has 0 atom stereocenters. The molecule has 2 aromatic carbocycles. The smallest absolute Gasteiger partial charge is 0.165 e. The van der Waals surface area contributed by atoms with E-state index < -0.39 is 11.1 Å². The third-order valence-electron chi connectivity index (χ3n) is 6.94. The summed E-state index contributed by atoms with van der Waals surface area (Å²) in [5.74, 6) is 0. The van der Waals surface area contributed by atoms with Crippen LogP contribution in [-0.4, -0.2) is 30.3 Å². The van der Waals surface area contributed by atoms with Gasteiger partial charge in [-0.1, -0.05) is 48.5 Å². The average Bonchev–Trinajstić information content (AvgIpc) is 3.18. The number of rotatable bonds is 3. The Hall–Kier alpha value is -3.61. The molecule has 6 heteroatoms. The first-order chi connectivity index (χ1) is 16.2. The van der Waals surface area contributed by atoms with Crippen molar-refractivity contribution in [2.75, 3.05) is 0 Å². The molecular weight excluding hydrogens is 422 g/mol. The van der Waals surface area contributed by atoms with Crippen molar-refractivity contribution in [1.29, 1.82) is 0 Å². The van der Waals surface area contributed by atoms with Crippen molar-refractivity contribution in [3.8, 4) is 22.4 Å². The molecule has 0 amide bonds. The maximum absolute atomic E-state index is 10.2. The Morgan fingerprint density at radius 3 is 2.41 bits per heavy atom. The van der Waals surface area contributed by atoms with Gasteiger partial charge in [0.1, 0.15) is 0 Å². The van der Waals surface area contributed by atoms with E-state index in [0.717, 1.165) is 50.3 Å². The summed E-state index contributed by atoms with van der Waals surface area (Å²) in [7, 11) is 0. The first kappa shape index (κ1) is 21.0. The monoisotopic (exact) mass is 449 g/mol. The van der Waals surface area contributed by atoms with Crippen LogP contribution in [0.4, 0.5) is 0 Å². The highest BCUT2D eigenvalue weighted by molar-refractivity contribution is 5.91. The summed E-state index contributed by atoms with van der Waals surface area (Å²) in [6.07, 6.45) is 2.99. The molecule has 3 heterocycles. The van der Waals surface area contributed by atoms with E-state index >= 15 is 0 Å². The van der Waals surface area contributed by atoms with Crippen LogP contribution in [0.1, 0.15) is 36.6 Å². The van der Waals surface area contributed by atoms with E-state index in [4.69, 9.17) is 10.7 Å². The van der Waals surface area contributed by atoms with E-state index in [1.165, 1.54) is 5.56 Å². The molecule has 1 fully saturated rings. The molecule has 5 aromatic rings. The van der Waals surface area contributed by atoms with Gasteiger partial charge in [0, 0.05) is 34.3 Å². The van der Waals surface area contributed by atoms with Crippen molar-refractivity contribution in [3.63, 3.8) is 0 Å². The van der Waals surface area contributed by atoms with Crippen LogP contribution in [0.15, 0.2) is 66.9 Å². The van der Waals surface area contributed by atoms with Gasteiger partial charge in [-0.3, -0.25) is 0 Å². The number of benzene rings is 2. The van der Waals surface area contributed by atoms with Crippen LogP contribution < -0.4 is 5.73 Å². The largest absolute Gasteiger partial charge is 0.390 e. The van der Waals surface area contributed by atoms with Crippen LogP contribution in [0.25, 0.3) is 39.1 Å². The lowest BCUT2D eigenvalue weighted by molar-refractivity contribution is -0.0738. The molecule has 3 N–H and O–H groups in total. The number of pyridine rings is 1. The topological polar surface area (TPSA) is 89.3 Å². The highest BCUT2D eigenvalue weighted by Gasteiger charge is 2.49. The summed E-state index contributed by atoms with van der Waals surface area (Å²) >= 11 is 0. The van der Waals surface area contributed by atoms with Gasteiger partial charge >= 0.3 is 0 Å². The minimum atomic E-state index is -0.688. The minimum absolute atomic E-state index is 0.484. The molecule has 0 unspecified atom stereocenters. The van der Waals surface area contributed by atoms with E-state index in [0.29, 0.717) is 12.8 Å². The molecule has 0 saturated heterocycles. The van der Waals surface area contributed by atoms with Gasteiger partial charge in [-0.15, -0.1) is 0 Å². The van der Waals surface area contributed by atoms with Gasteiger partial charge in [-0.05, 0) is 56.4 Å².